The molecule has 5 nitrogen and oxygen atoms in total. The predicted molar refractivity (Wildman–Crippen MR) is 122 cm³/mol. The van der Waals surface area contributed by atoms with Gasteiger partial charge in [0.1, 0.15) is 0 Å². The molecule has 1 unspecified atom stereocenters. The second-order valence-electron chi connectivity index (χ2n) is 7.61. The Morgan fingerprint density at radius 2 is 1.61 bits per heavy atom. The monoisotopic (exact) mass is 432 g/mol. The van der Waals surface area contributed by atoms with Crippen molar-refractivity contribution in [2.24, 2.45) is 0 Å². The molecular weight excluding hydrogens is 408 g/mol. The van der Waals surface area contributed by atoms with Crippen LogP contribution in [-0.2, 0) is 16.6 Å². The summed E-state index contributed by atoms with van der Waals surface area (Å²) in [6.07, 6.45) is 1.60. The van der Waals surface area contributed by atoms with Gasteiger partial charge in [-0.3, -0.25) is 9.10 Å². The Labute approximate surface area is 183 Å². The second-order valence-corrected chi connectivity index (χ2v) is 9.42. The van der Waals surface area contributed by atoms with Crippen molar-refractivity contribution in [3.63, 3.8) is 0 Å². The van der Waals surface area contributed by atoms with Crippen LogP contribution in [0.25, 0.3) is 0 Å². The van der Waals surface area contributed by atoms with E-state index in [1.54, 1.807) is 59.5 Å². The fourth-order valence-electron chi connectivity index (χ4n) is 3.82. The summed E-state index contributed by atoms with van der Waals surface area (Å²) in [5.74, 6) is -0.201. The van der Waals surface area contributed by atoms with Gasteiger partial charge in [-0.25, -0.2) is 8.42 Å². The van der Waals surface area contributed by atoms with Gasteiger partial charge >= 0.3 is 0 Å². The van der Waals surface area contributed by atoms with Crippen molar-refractivity contribution in [3.05, 3.63) is 108 Å². The van der Waals surface area contributed by atoms with Gasteiger partial charge in [0.2, 0.25) is 0 Å². The van der Waals surface area contributed by atoms with Crippen LogP contribution in [0.2, 0.25) is 0 Å². The van der Waals surface area contributed by atoms with Crippen molar-refractivity contribution in [2.45, 2.75) is 24.4 Å². The summed E-state index contributed by atoms with van der Waals surface area (Å²) in [6.45, 7) is 6.39. The van der Waals surface area contributed by atoms with Gasteiger partial charge in [-0.15, -0.1) is 6.58 Å². The van der Waals surface area contributed by atoms with Gasteiger partial charge in [-0.05, 0) is 36.8 Å². The van der Waals surface area contributed by atoms with Crippen LogP contribution in [0.5, 0.6) is 0 Å². The number of carbonyl (C=O) groups is 1. The fraction of sp³-hybridized carbons (Fsp3) is 0.160. The van der Waals surface area contributed by atoms with Gasteiger partial charge in [-0.2, -0.15) is 0 Å². The lowest BCUT2D eigenvalue weighted by Gasteiger charge is -2.31. The molecule has 0 N–H and O–H groups in total. The van der Waals surface area contributed by atoms with Crippen molar-refractivity contribution < 1.29 is 13.2 Å². The molecule has 1 aliphatic rings. The molecule has 0 aliphatic carbocycles. The van der Waals surface area contributed by atoms with Gasteiger partial charge < -0.3 is 4.90 Å². The smallest absolute Gasteiger partial charge is 0.264 e. The molecule has 0 saturated heterocycles. The number of hydrogen-bond donors (Lipinski definition) is 0. The van der Waals surface area contributed by atoms with Crippen LogP contribution in [-0.4, -0.2) is 31.8 Å². The number of carbonyl (C=O) groups excluding carboxylic acids is 1. The van der Waals surface area contributed by atoms with E-state index in [0.717, 1.165) is 11.1 Å². The minimum atomic E-state index is -3.91. The van der Waals surface area contributed by atoms with Crippen LogP contribution in [0.3, 0.4) is 0 Å². The second kappa shape index (κ2) is 8.40. The first-order valence-electron chi connectivity index (χ1n) is 10.1. The highest BCUT2D eigenvalue weighted by Gasteiger charge is 2.38. The molecule has 3 aromatic rings. The van der Waals surface area contributed by atoms with E-state index in [4.69, 9.17) is 0 Å². The molecule has 0 fully saturated rings. The summed E-state index contributed by atoms with van der Waals surface area (Å²) in [5.41, 5.74) is 2.68. The van der Waals surface area contributed by atoms with Crippen LogP contribution in [0.15, 0.2) is 96.4 Å². The van der Waals surface area contributed by atoms with Gasteiger partial charge in [0.25, 0.3) is 15.9 Å². The molecule has 0 radical (unpaired) electrons. The van der Waals surface area contributed by atoms with E-state index in [-0.39, 0.29) is 17.3 Å². The maximum atomic E-state index is 13.7. The highest BCUT2D eigenvalue weighted by atomic mass is 32.2. The molecule has 1 atom stereocenters. The van der Waals surface area contributed by atoms with Crippen molar-refractivity contribution >= 4 is 21.6 Å². The molecule has 1 heterocycles. The van der Waals surface area contributed by atoms with E-state index < -0.39 is 16.1 Å². The normalized spacial score (nSPS) is 16.5. The number of nitrogens with zero attached hydrogens (tertiary/aromatic N) is 2. The van der Waals surface area contributed by atoms with Gasteiger partial charge in [-0.1, -0.05) is 66.2 Å². The molecular formula is C25H24N2O3S. The zero-order chi connectivity index (χ0) is 22.0. The first kappa shape index (κ1) is 20.9. The Balaban J connectivity index is 1.83. The molecule has 158 valence electrons. The number of rotatable bonds is 5. The lowest BCUT2D eigenvalue weighted by atomic mass is 10.1. The third-order valence-corrected chi connectivity index (χ3v) is 7.29. The average Bonchev–Trinajstić information content (AvgIpc) is 2.90. The molecule has 31 heavy (non-hydrogen) atoms. The molecule has 0 spiro atoms. The highest BCUT2D eigenvalue weighted by Crippen LogP contribution is 2.34. The quantitative estimate of drug-likeness (QED) is 0.562. The average molecular weight is 433 g/mol. The minimum absolute atomic E-state index is 0.184. The number of anilines is 1. The van der Waals surface area contributed by atoms with Gasteiger partial charge in [0, 0.05) is 13.1 Å². The van der Waals surface area contributed by atoms with Crippen LogP contribution < -0.4 is 4.31 Å². The van der Waals surface area contributed by atoms with Crippen molar-refractivity contribution in [1.29, 1.82) is 0 Å². The number of amides is 1. The van der Waals surface area contributed by atoms with E-state index in [1.807, 2.05) is 37.3 Å². The Kier molecular flexibility index (Phi) is 5.65. The third kappa shape index (κ3) is 3.99. The molecule has 0 aromatic heterocycles. The number of hydrogen-bond acceptors (Lipinski definition) is 3. The zero-order valence-corrected chi connectivity index (χ0v) is 18.1. The molecule has 0 bridgehead atoms. The summed E-state index contributed by atoms with van der Waals surface area (Å²) in [7, 11) is -3.91. The summed E-state index contributed by atoms with van der Waals surface area (Å²) in [4.78, 5) is 15.3. The van der Waals surface area contributed by atoms with Crippen LogP contribution >= 0.6 is 0 Å². The Bertz CT molecular complexity index is 1210. The van der Waals surface area contributed by atoms with E-state index in [9.17, 15) is 13.2 Å². The number of para-hydroxylation sites is 1. The molecule has 1 aliphatic heterocycles. The maximum absolute atomic E-state index is 13.7. The zero-order valence-electron chi connectivity index (χ0n) is 17.3. The number of benzene rings is 3. The summed E-state index contributed by atoms with van der Waals surface area (Å²) < 4.78 is 28.7. The highest BCUT2D eigenvalue weighted by molar-refractivity contribution is 7.92. The van der Waals surface area contributed by atoms with E-state index in [1.165, 1.54) is 4.31 Å². The number of fused-ring (bicyclic) bond motifs is 1. The molecule has 1 amide bonds. The predicted octanol–water partition coefficient (Wildman–Crippen LogP) is 4.40. The van der Waals surface area contributed by atoms with Gasteiger partial charge in [0.05, 0.1) is 22.2 Å². The van der Waals surface area contributed by atoms with E-state index in [2.05, 4.69) is 6.58 Å². The van der Waals surface area contributed by atoms with Crippen molar-refractivity contribution in [1.82, 2.24) is 4.90 Å². The van der Waals surface area contributed by atoms with Crippen LogP contribution in [0, 0.1) is 6.92 Å². The minimum Gasteiger partial charge on any atom is -0.332 e. The van der Waals surface area contributed by atoms with Crippen molar-refractivity contribution in [3.8, 4) is 0 Å². The number of sulfonamides is 1. The Morgan fingerprint density at radius 1 is 0.968 bits per heavy atom. The van der Waals surface area contributed by atoms with Gasteiger partial charge in [0.15, 0.2) is 0 Å². The standard InChI is InChI=1S/C25H24N2O3S/c1-3-21-18-26(17-20-9-5-4-6-10-20)25(28)23-11-7-8-12-24(23)27(21)31(29,30)22-15-13-19(2)14-16-22/h3-16,21H,1,17-18H2,2H3. The van der Waals surface area contributed by atoms with E-state index >= 15 is 0 Å². The lowest BCUT2D eigenvalue weighted by Crippen LogP contribution is -2.44. The van der Waals surface area contributed by atoms with Crippen LogP contribution in [0.1, 0.15) is 21.5 Å². The molecule has 3 aromatic carbocycles. The molecule has 0 saturated carbocycles. The molecule has 4 rings (SSSR count). The first-order valence-corrected chi connectivity index (χ1v) is 11.5. The van der Waals surface area contributed by atoms with Crippen LogP contribution in [0.4, 0.5) is 5.69 Å². The van der Waals surface area contributed by atoms with Crippen molar-refractivity contribution in [2.75, 3.05) is 10.8 Å². The Hall–Kier alpha value is -3.38. The first-order chi connectivity index (χ1) is 14.9. The molecule has 6 heteroatoms. The largest absolute Gasteiger partial charge is 0.332 e. The SMILES string of the molecule is C=CC1CN(Cc2ccccc2)C(=O)c2ccccc2N1S(=O)(=O)c1ccc(C)cc1. The third-order valence-electron chi connectivity index (χ3n) is 5.43. The summed E-state index contributed by atoms with van der Waals surface area (Å²) >= 11 is 0. The maximum Gasteiger partial charge on any atom is 0.264 e. The van der Waals surface area contributed by atoms with E-state index in [0.29, 0.717) is 17.8 Å². The summed E-state index contributed by atoms with van der Waals surface area (Å²) in [5, 5.41) is 0. The number of aryl methyl sites for hydroxylation is 1. The summed E-state index contributed by atoms with van der Waals surface area (Å²) in [6, 6.07) is 22.7. The lowest BCUT2D eigenvalue weighted by molar-refractivity contribution is 0.0747. The topological polar surface area (TPSA) is 57.7 Å². The Morgan fingerprint density at radius 3 is 2.29 bits per heavy atom. The fourth-order valence-corrected chi connectivity index (χ4v) is 5.46.